The highest BCUT2D eigenvalue weighted by Gasteiger charge is 2.34. The van der Waals surface area contributed by atoms with Gasteiger partial charge in [0.1, 0.15) is 0 Å². The zero-order chi connectivity index (χ0) is 15.7. The lowest BCUT2D eigenvalue weighted by Gasteiger charge is -2.37. The van der Waals surface area contributed by atoms with Gasteiger partial charge in [-0.15, -0.1) is 0 Å². The molecular formula is C15H19ClN2O3S. The summed E-state index contributed by atoms with van der Waals surface area (Å²) in [5.41, 5.74) is 0.640. The molecule has 0 aliphatic carbocycles. The van der Waals surface area contributed by atoms with E-state index in [9.17, 15) is 13.2 Å². The van der Waals surface area contributed by atoms with Crippen molar-refractivity contribution < 1.29 is 13.2 Å². The molecule has 3 rings (SSSR count). The minimum atomic E-state index is -2.86. The van der Waals surface area contributed by atoms with E-state index in [1.54, 1.807) is 24.3 Å². The Labute approximate surface area is 135 Å². The molecule has 0 bridgehead atoms. The number of amides is 1. The molecule has 0 saturated carbocycles. The van der Waals surface area contributed by atoms with E-state index in [1.807, 2.05) is 4.90 Å². The molecule has 0 radical (unpaired) electrons. The molecule has 2 aliphatic rings. The average Bonchev–Trinajstić information content (AvgIpc) is 2.88. The maximum atomic E-state index is 12.4. The van der Waals surface area contributed by atoms with Crippen molar-refractivity contribution in [3.05, 3.63) is 34.9 Å². The van der Waals surface area contributed by atoms with Crippen LogP contribution in [0.25, 0.3) is 0 Å². The fourth-order valence-corrected chi connectivity index (χ4v) is 5.02. The molecule has 2 heterocycles. The van der Waals surface area contributed by atoms with Crippen LogP contribution in [0.1, 0.15) is 16.8 Å². The third kappa shape index (κ3) is 3.45. The third-order valence-electron chi connectivity index (χ3n) is 4.42. The first-order valence-electron chi connectivity index (χ1n) is 7.44. The highest BCUT2D eigenvalue weighted by molar-refractivity contribution is 7.91. The van der Waals surface area contributed by atoms with Gasteiger partial charge in [0.25, 0.3) is 5.91 Å². The smallest absolute Gasteiger partial charge is 0.253 e. The van der Waals surface area contributed by atoms with Crippen molar-refractivity contribution >= 4 is 27.3 Å². The second-order valence-corrected chi connectivity index (χ2v) is 8.56. The van der Waals surface area contributed by atoms with Crippen molar-refractivity contribution in [2.75, 3.05) is 37.7 Å². The molecule has 1 amide bonds. The van der Waals surface area contributed by atoms with E-state index >= 15 is 0 Å². The van der Waals surface area contributed by atoms with Crippen LogP contribution < -0.4 is 0 Å². The van der Waals surface area contributed by atoms with E-state index in [0.29, 0.717) is 35.8 Å². The van der Waals surface area contributed by atoms with E-state index in [0.717, 1.165) is 13.1 Å². The monoisotopic (exact) mass is 342 g/mol. The van der Waals surface area contributed by atoms with Crippen LogP contribution in [0.4, 0.5) is 0 Å². The minimum Gasteiger partial charge on any atom is -0.336 e. The summed E-state index contributed by atoms with van der Waals surface area (Å²) in [5, 5.41) is 0.615. The van der Waals surface area contributed by atoms with Gasteiger partial charge >= 0.3 is 0 Å². The van der Waals surface area contributed by atoms with Crippen LogP contribution in [0, 0.1) is 0 Å². The summed E-state index contributed by atoms with van der Waals surface area (Å²) in [7, 11) is -2.86. The number of carbonyl (C=O) groups is 1. The van der Waals surface area contributed by atoms with Crippen LogP contribution >= 0.6 is 11.6 Å². The number of sulfone groups is 1. The maximum absolute atomic E-state index is 12.4. The van der Waals surface area contributed by atoms with Gasteiger partial charge in [-0.3, -0.25) is 9.69 Å². The molecule has 2 saturated heterocycles. The van der Waals surface area contributed by atoms with Gasteiger partial charge in [-0.25, -0.2) is 8.42 Å². The highest BCUT2D eigenvalue weighted by atomic mass is 35.5. The Balaban J connectivity index is 1.57. The Bertz CT molecular complexity index is 652. The molecule has 7 heteroatoms. The lowest BCUT2D eigenvalue weighted by molar-refractivity contribution is 0.0588. The zero-order valence-electron chi connectivity index (χ0n) is 12.2. The molecule has 0 aromatic heterocycles. The Morgan fingerprint density at radius 3 is 2.27 bits per heavy atom. The van der Waals surface area contributed by atoms with E-state index in [1.165, 1.54) is 0 Å². The molecule has 1 aromatic rings. The van der Waals surface area contributed by atoms with Gasteiger partial charge in [0.15, 0.2) is 9.84 Å². The number of rotatable bonds is 2. The number of nitrogens with zero attached hydrogens (tertiary/aromatic N) is 2. The molecule has 0 N–H and O–H groups in total. The van der Waals surface area contributed by atoms with Crippen LogP contribution in [-0.2, 0) is 9.84 Å². The van der Waals surface area contributed by atoms with Crippen molar-refractivity contribution in [2.45, 2.75) is 12.5 Å². The number of hydrogen-bond donors (Lipinski definition) is 0. The van der Waals surface area contributed by atoms with Crippen LogP contribution in [0.2, 0.25) is 5.02 Å². The molecule has 0 spiro atoms. The number of halogens is 1. The topological polar surface area (TPSA) is 57.7 Å². The van der Waals surface area contributed by atoms with Crippen LogP contribution in [0.15, 0.2) is 24.3 Å². The summed E-state index contributed by atoms with van der Waals surface area (Å²) in [6.07, 6.45) is 0.716. The van der Waals surface area contributed by atoms with Gasteiger partial charge in [0, 0.05) is 42.8 Å². The van der Waals surface area contributed by atoms with E-state index in [-0.39, 0.29) is 17.7 Å². The van der Waals surface area contributed by atoms with Crippen LogP contribution in [0.5, 0.6) is 0 Å². The summed E-state index contributed by atoms with van der Waals surface area (Å²) in [5.74, 6) is 0.565. The number of hydrogen-bond acceptors (Lipinski definition) is 4. The predicted molar refractivity (Wildman–Crippen MR) is 86.0 cm³/mol. The fourth-order valence-electron chi connectivity index (χ4n) is 3.13. The Kier molecular flexibility index (Phi) is 4.43. The first-order chi connectivity index (χ1) is 10.4. The quantitative estimate of drug-likeness (QED) is 0.812. The average molecular weight is 343 g/mol. The Morgan fingerprint density at radius 1 is 1.09 bits per heavy atom. The van der Waals surface area contributed by atoms with Gasteiger partial charge in [-0.2, -0.15) is 0 Å². The standard InChI is InChI=1S/C15H19ClN2O3S/c16-13-3-1-12(2-4-13)15(19)18-8-6-17(7-9-18)14-5-10-22(20,21)11-14/h1-4,14H,5-11H2/t14-/m1/s1. The molecule has 1 aromatic carbocycles. The largest absolute Gasteiger partial charge is 0.336 e. The first kappa shape index (κ1) is 15.8. The van der Waals surface area contributed by atoms with Crippen molar-refractivity contribution in [3.63, 3.8) is 0 Å². The van der Waals surface area contributed by atoms with Crippen molar-refractivity contribution in [1.82, 2.24) is 9.80 Å². The van der Waals surface area contributed by atoms with Gasteiger partial charge in [0.05, 0.1) is 11.5 Å². The summed E-state index contributed by atoms with van der Waals surface area (Å²) in [6.45, 7) is 2.75. The highest BCUT2D eigenvalue weighted by Crippen LogP contribution is 2.20. The van der Waals surface area contributed by atoms with Gasteiger partial charge in [-0.05, 0) is 30.7 Å². The third-order valence-corrected chi connectivity index (χ3v) is 6.42. The number of piperazine rings is 1. The van der Waals surface area contributed by atoms with Crippen LogP contribution in [-0.4, -0.2) is 67.9 Å². The molecule has 0 unspecified atom stereocenters. The van der Waals surface area contributed by atoms with Crippen molar-refractivity contribution in [3.8, 4) is 0 Å². The van der Waals surface area contributed by atoms with Gasteiger partial charge in [-0.1, -0.05) is 11.6 Å². The molecule has 2 aliphatic heterocycles. The molecule has 120 valence electrons. The van der Waals surface area contributed by atoms with E-state index in [4.69, 9.17) is 11.6 Å². The van der Waals surface area contributed by atoms with E-state index < -0.39 is 9.84 Å². The Morgan fingerprint density at radius 2 is 1.73 bits per heavy atom. The van der Waals surface area contributed by atoms with Crippen molar-refractivity contribution in [2.24, 2.45) is 0 Å². The minimum absolute atomic E-state index is 0.00959. The molecule has 1 atom stereocenters. The second kappa shape index (κ2) is 6.18. The summed E-state index contributed by atoms with van der Waals surface area (Å²) in [6, 6.07) is 7.03. The molecular weight excluding hydrogens is 324 g/mol. The number of benzene rings is 1. The SMILES string of the molecule is O=C(c1ccc(Cl)cc1)N1CCN([C@@H]2CCS(=O)(=O)C2)CC1. The van der Waals surface area contributed by atoms with Crippen LogP contribution in [0.3, 0.4) is 0 Å². The predicted octanol–water partition coefficient (Wildman–Crippen LogP) is 1.28. The number of carbonyl (C=O) groups excluding carboxylic acids is 1. The van der Waals surface area contributed by atoms with Gasteiger partial charge < -0.3 is 4.90 Å². The normalized spacial score (nSPS) is 25.3. The second-order valence-electron chi connectivity index (χ2n) is 5.89. The first-order valence-corrected chi connectivity index (χ1v) is 9.64. The molecule has 22 heavy (non-hydrogen) atoms. The summed E-state index contributed by atoms with van der Waals surface area (Å²) >= 11 is 5.84. The summed E-state index contributed by atoms with van der Waals surface area (Å²) in [4.78, 5) is 16.4. The maximum Gasteiger partial charge on any atom is 0.253 e. The van der Waals surface area contributed by atoms with Gasteiger partial charge in [0.2, 0.25) is 0 Å². The lowest BCUT2D eigenvalue weighted by atomic mass is 10.1. The molecule has 2 fully saturated rings. The summed E-state index contributed by atoms with van der Waals surface area (Å²) < 4.78 is 23.1. The van der Waals surface area contributed by atoms with Crippen molar-refractivity contribution in [1.29, 1.82) is 0 Å². The Hall–Kier alpha value is -1.11. The zero-order valence-corrected chi connectivity index (χ0v) is 13.8. The molecule has 5 nitrogen and oxygen atoms in total. The lowest BCUT2D eigenvalue weighted by Crippen LogP contribution is -2.52. The van der Waals surface area contributed by atoms with E-state index in [2.05, 4.69) is 4.90 Å². The fraction of sp³-hybridized carbons (Fsp3) is 0.533.